The molecule has 0 aliphatic heterocycles. The molecule has 1 aromatic heterocycles. The highest BCUT2D eigenvalue weighted by Gasteiger charge is 2.02. The maximum absolute atomic E-state index is 5.71. The number of hydrogen-bond acceptors (Lipinski definition) is 3. The molecule has 1 unspecified atom stereocenters. The van der Waals surface area contributed by atoms with E-state index >= 15 is 0 Å². The molecular weight excluding hydrogens is 200 g/mol. The van der Waals surface area contributed by atoms with Crippen LogP contribution in [0.3, 0.4) is 0 Å². The number of aromatic nitrogens is 1. The van der Waals surface area contributed by atoms with E-state index in [-0.39, 0.29) is 0 Å². The SMILES string of the molecule is CCCC(C)OCc1cccc(NCC)n1. The van der Waals surface area contributed by atoms with Gasteiger partial charge in [0.2, 0.25) is 0 Å². The molecule has 3 nitrogen and oxygen atoms in total. The maximum Gasteiger partial charge on any atom is 0.126 e. The van der Waals surface area contributed by atoms with E-state index in [1.54, 1.807) is 0 Å². The summed E-state index contributed by atoms with van der Waals surface area (Å²) in [6, 6.07) is 5.98. The zero-order chi connectivity index (χ0) is 11.8. The first-order valence-corrected chi connectivity index (χ1v) is 6.07. The summed E-state index contributed by atoms with van der Waals surface area (Å²) < 4.78 is 5.71. The summed E-state index contributed by atoms with van der Waals surface area (Å²) in [5, 5.41) is 3.19. The third-order valence-electron chi connectivity index (χ3n) is 2.38. The lowest BCUT2D eigenvalue weighted by Gasteiger charge is -2.12. The van der Waals surface area contributed by atoms with Crippen LogP contribution in [-0.2, 0) is 11.3 Å². The minimum atomic E-state index is 0.314. The second kappa shape index (κ2) is 7.23. The third-order valence-corrected chi connectivity index (χ3v) is 2.38. The quantitative estimate of drug-likeness (QED) is 0.769. The van der Waals surface area contributed by atoms with Crippen molar-refractivity contribution in [3.63, 3.8) is 0 Å². The first kappa shape index (κ1) is 13.0. The van der Waals surface area contributed by atoms with E-state index in [2.05, 4.69) is 31.1 Å². The monoisotopic (exact) mass is 222 g/mol. The Morgan fingerprint density at radius 2 is 2.19 bits per heavy atom. The van der Waals surface area contributed by atoms with Gasteiger partial charge in [0, 0.05) is 6.54 Å². The minimum Gasteiger partial charge on any atom is -0.372 e. The molecule has 0 aromatic carbocycles. The van der Waals surface area contributed by atoms with Gasteiger partial charge in [0.15, 0.2) is 0 Å². The van der Waals surface area contributed by atoms with E-state index in [1.165, 1.54) is 0 Å². The van der Waals surface area contributed by atoms with Gasteiger partial charge in [0.05, 0.1) is 18.4 Å². The Bertz CT molecular complexity index is 302. The summed E-state index contributed by atoms with van der Waals surface area (Å²) in [6.07, 6.45) is 2.58. The molecule has 0 saturated carbocycles. The minimum absolute atomic E-state index is 0.314. The smallest absolute Gasteiger partial charge is 0.126 e. The normalized spacial score (nSPS) is 12.4. The molecule has 1 aromatic rings. The average Bonchev–Trinajstić information content (AvgIpc) is 2.28. The van der Waals surface area contributed by atoms with Crippen molar-refractivity contribution in [2.75, 3.05) is 11.9 Å². The van der Waals surface area contributed by atoms with Gasteiger partial charge in [-0.25, -0.2) is 4.98 Å². The molecule has 0 aliphatic rings. The van der Waals surface area contributed by atoms with Crippen molar-refractivity contribution in [3.05, 3.63) is 23.9 Å². The van der Waals surface area contributed by atoms with E-state index in [0.29, 0.717) is 12.7 Å². The van der Waals surface area contributed by atoms with Crippen LogP contribution in [0, 0.1) is 0 Å². The van der Waals surface area contributed by atoms with Crippen LogP contribution in [0.4, 0.5) is 5.82 Å². The zero-order valence-electron chi connectivity index (χ0n) is 10.5. The Kier molecular flexibility index (Phi) is 5.86. The lowest BCUT2D eigenvalue weighted by Crippen LogP contribution is -2.09. The second-order valence-electron chi connectivity index (χ2n) is 3.95. The molecule has 16 heavy (non-hydrogen) atoms. The summed E-state index contributed by atoms with van der Waals surface area (Å²) in [4.78, 5) is 4.46. The standard InChI is InChI=1S/C13H22N2O/c1-4-7-11(3)16-10-12-8-6-9-13(15-12)14-5-2/h6,8-9,11H,4-5,7,10H2,1-3H3,(H,14,15). The molecule has 90 valence electrons. The Morgan fingerprint density at radius 3 is 2.88 bits per heavy atom. The predicted molar refractivity (Wildman–Crippen MR) is 67.6 cm³/mol. The van der Waals surface area contributed by atoms with Gasteiger partial charge in [-0.05, 0) is 32.4 Å². The zero-order valence-corrected chi connectivity index (χ0v) is 10.5. The molecule has 0 saturated heterocycles. The van der Waals surface area contributed by atoms with Gasteiger partial charge in [-0.3, -0.25) is 0 Å². The van der Waals surface area contributed by atoms with Crippen molar-refractivity contribution in [2.45, 2.75) is 46.3 Å². The third kappa shape index (κ3) is 4.62. The lowest BCUT2D eigenvalue weighted by atomic mass is 10.2. The molecule has 0 fully saturated rings. The Balaban J connectivity index is 2.44. The number of pyridine rings is 1. The number of ether oxygens (including phenoxy) is 1. The maximum atomic E-state index is 5.71. The molecule has 1 rings (SSSR count). The van der Waals surface area contributed by atoms with Gasteiger partial charge in [-0.1, -0.05) is 19.4 Å². The molecule has 1 atom stereocenters. The largest absolute Gasteiger partial charge is 0.372 e. The molecule has 0 radical (unpaired) electrons. The molecule has 1 heterocycles. The van der Waals surface area contributed by atoms with Gasteiger partial charge in [0.25, 0.3) is 0 Å². The fourth-order valence-electron chi connectivity index (χ4n) is 1.56. The van der Waals surface area contributed by atoms with Crippen LogP contribution in [0.15, 0.2) is 18.2 Å². The number of nitrogens with zero attached hydrogens (tertiary/aromatic N) is 1. The van der Waals surface area contributed by atoms with Crippen LogP contribution in [0.25, 0.3) is 0 Å². The molecule has 0 spiro atoms. The molecule has 0 amide bonds. The topological polar surface area (TPSA) is 34.1 Å². The van der Waals surface area contributed by atoms with Crippen LogP contribution in [-0.4, -0.2) is 17.6 Å². The van der Waals surface area contributed by atoms with E-state index < -0.39 is 0 Å². The van der Waals surface area contributed by atoms with E-state index in [0.717, 1.165) is 30.9 Å². The van der Waals surface area contributed by atoms with Gasteiger partial charge in [-0.15, -0.1) is 0 Å². The van der Waals surface area contributed by atoms with Crippen molar-refractivity contribution < 1.29 is 4.74 Å². The fourth-order valence-corrected chi connectivity index (χ4v) is 1.56. The van der Waals surface area contributed by atoms with E-state index in [1.807, 2.05) is 18.2 Å². The molecule has 0 aliphatic carbocycles. The summed E-state index contributed by atoms with van der Waals surface area (Å²) >= 11 is 0. The second-order valence-corrected chi connectivity index (χ2v) is 3.95. The highest BCUT2D eigenvalue weighted by atomic mass is 16.5. The van der Waals surface area contributed by atoms with Crippen LogP contribution in [0.1, 0.15) is 39.3 Å². The van der Waals surface area contributed by atoms with Crippen molar-refractivity contribution in [1.82, 2.24) is 4.98 Å². The van der Waals surface area contributed by atoms with Crippen LogP contribution < -0.4 is 5.32 Å². The van der Waals surface area contributed by atoms with E-state index in [4.69, 9.17) is 4.74 Å². The Hall–Kier alpha value is -1.09. The Morgan fingerprint density at radius 1 is 1.38 bits per heavy atom. The van der Waals surface area contributed by atoms with Crippen molar-refractivity contribution >= 4 is 5.82 Å². The van der Waals surface area contributed by atoms with Crippen molar-refractivity contribution in [1.29, 1.82) is 0 Å². The lowest BCUT2D eigenvalue weighted by molar-refractivity contribution is 0.0453. The van der Waals surface area contributed by atoms with Gasteiger partial charge in [0.1, 0.15) is 5.82 Å². The number of rotatable bonds is 7. The predicted octanol–water partition coefficient (Wildman–Crippen LogP) is 3.22. The van der Waals surface area contributed by atoms with Crippen LogP contribution >= 0.6 is 0 Å². The Labute approximate surface area is 98.2 Å². The molecule has 0 bridgehead atoms. The van der Waals surface area contributed by atoms with Gasteiger partial charge in [-0.2, -0.15) is 0 Å². The first-order valence-electron chi connectivity index (χ1n) is 6.07. The average molecular weight is 222 g/mol. The molecule has 3 heteroatoms. The first-order chi connectivity index (χ1) is 7.76. The number of nitrogens with one attached hydrogen (secondary N) is 1. The van der Waals surface area contributed by atoms with Crippen molar-refractivity contribution in [3.8, 4) is 0 Å². The molecule has 1 N–H and O–H groups in total. The number of hydrogen-bond donors (Lipinski definition) is 1. The number of anilines is 1. The summed E-state index contributed by atoms with van der Waals surface area (Å²) in [5.74, 6) is 0.923. The summed E-state index contributed by atoms with van der Waals surface area (Å²) in [6.45, 7) is 7.83. The van der Waals surface area contributed by atoms with Gasteiger partial charge < -0.3 is 10.1 Å². The van der Waals surface area contributed by atoms with Crippen LogP contribution in [0.2, 0.25) is 0 Å². The van der Waals surface area contributed by atoms with Crippen molar-refractivity contribution in [2.24, 2.45) is 0 Å². The van der Waals surface area contributed by atoms with E-state index in [9.17, 15) is 0 Å². The molecular formula is C13H22N2O. The summed E-state index contributed by atoms with van der Waals surface area (Å²) in [5.41, 5.74) is 0.987. The summed E-state index contributed by atoms with van der Waals surface area (Å²) in [7, 11) is 0. The highest BCUT2D eigenvalue weighted by Crippen LogP contribution is 2.08. The fraction of sp³-hybridized carbons (Fsp3) is 0.615. The van der Waals surface area contributed by atoms with Crippen LogP contribution in [0.5, 0.6) is 0 Å². The van der Waals surface area contributed by atoms with Gasteiger partial charge >= 0.3 is 0 Å². The highest BCUT2D eigenvalue weighted by molar-refractivity contribution is 5.34.